The molecule has 17 heavy (non-hydrogen) atoms. The Labute approximate surface area is 106 Å². The van der Waals surface area contributed by atoms with E-state index >= 15 is 0 Å². The molecule has 2 aromatic rings. The van der Waals surface area contributed by atoms with Crippen molar-refractivity contribution in [1.29, 1.82) is 0 Å². The van der Waals surface area contributed by atoms with Crippen LogP contribution in [0.2, 0.25) is 0 Å². The van der Waals surface area contributed by atoms with Gasteiger partial charge in [-0.2, -0.15) is 9.61 Å². The highest BCUT2D eigenvalue weighted by atomic mass is 35.5. The van der Waals surface area contributed by atoms with Crippen LogP contribution in [0.25, 0.3) is 5.65 Å². The topological polar surface area (TPSA) is 42.2 Å². The van der Waals surface area contributed by atoms with Gasteiger partial charge in [-0.05, 0) is 30.5 Å². The molecule has 0 aliphatic heterocycles. The molecule has 0 aliphatic rings. The number of nitrogens with zero attached hydrogens (tertiary/aromatic N) is 3. The lowest BCUT2D eigenvalue weighted by Crippen LogP contribution is -2.20. The fraction of sp³-hybridized carbons (Fsp3) is 0.500. The van der Waals surface area contributed by atoms with E-state index in [1.54, 1.807) is 10.8 Å². The summed E-state index contributed by atoms with van der Waals surface area (Å²) in [5.74, 6) is 1.38. The molecule has 0 aromatic carbocycles. The lowest BCUT2D eigenvalue weighted by molar-refractivity contribution is 0.615. The lowest BCUT2D eigenvalue weighted by atomic mass is 10.1. The maximum Gasteiger partial charge on any atom is 0.157 e. The number of alkyl halides is 1. The number of anilines is 1. The van der Waals surface area contributed by atoms with Crippen molar-refractivity contribution >= 4 is 23.1 Å². The maximum absolute atomic E-state index is 6.22. The first kappa shape index (κ1) is 12.2. The third-order valence-corrected chi connectivity index (χ3v) is 3.38. The number of rotatable bonds is 4. The molecule has 0 saturated carbocycles. The maximum atomic E-state index is 6.22. The number of aromatic nitrogens is 3. The number of hydrogen-bond acceptors (Lipinski definition) is 3. The smallest absolute Gasteiger partial charge is 0.157 e. The molecular weight excluding hydrogens is 236 g/mol. The average molecular weight is 253 g/mol. The van der Waals surface area contributed by atoms with Crippen LogP contribution >= 0.6 is 11.6 Å². The molecular formula is C12H17ClN4. The summed E-state index contributed by atoms with van der Waals surface area (Å²) in [6.07, 6.45) is 1.56. The molecule has 5 heteroatoms. The minimum atomic E-state index is 0.106. The van der Waals surface area contributed by atoms with Gasteiger partial charge in [0, 0.05) is 6.54 Å². The Bertz CT molecular complexity index is 506. The third-order valence-electron chi connectivity index (χ3n) is 2.73. The Hall–Kier alpha value is -1.29. The van der Waals surface area contributed by atoms with Crippen LogP contribution in [-0.2, 0) is 0 Å². The van der Waals surface area contributed by atoms with Crippen LogP contribution in [0.15, 0.2) is 18.5 Å². The van der Waals surface area contributed by atoms with Crippen molar-refractivity contribution in [3.63, 3.8) is 0 Å². The number of pyridine rings is 1. The van der Waals surface area contributed by atoms with Gasteiger partial charge in [0.15, 0.2) is 5.65 Å². The van der Waals surface area contributed by atoms with Crippen molar-refractivity contribution in [2.24, 2.45) is 5.92 Å². The highest BCUT2D eigenvalue weighted by molar-refractivity contribution is 6.21. The number of nitrogens with one attached hydrogen (secondary N) is 1. The van der Waals surface area contributed by atoms with Gasteiger partial charge < -0.3 is 5.32 Å². The number of halogens is 1. The summed E-state index contributed by atoms with van der Waals surface area (Å²) in [7, 11) is 0. The van der Waals surface area contributed by atoms with E-state index in [1.807, 2.05) is 19.1 Å². The van der Waals surface area contributed by atoms with Gasteiger partial charge in [0.2, 0.25) is 0 Å². The van der Waals surface area contributed by atoms with Crippen LogP contribution in [0.3, 0.4) is 0 Å². The fourth-order valence-electron chi connectivity index (χ4n) is 1.62. The van der Waals surface area contributed by atoms with Crippen LogP contribution in [0.5, 0.6) is 0 Å². The summed E-state index contributed by atoms with van der Waals surface area (Å²) in [5.41, 5.74) is 2.01. The SMILES string of the molecule is Cc1cc(NCC(Cl)C(C)C)n2ncnc2c1. The van der Waals surface area contributed by atoms with Crippen LogP contribution in [0.1, 0.15) is 19.4 Å². The summed E-state index contributed by atoms with van der Waals surface area (Å²) in [6, 6.07) is 4.05. The zero-order valence-corrected chi connectivity index (χ0v) is 11.1. The molecule has 0 aliphatic carbocycles. The molecule has 0 amide bonds. The van der Waals surface area contributed by atoms with E-state index in [1.165, 1.54) is 0 Å². The summed E-state index contributed by atoms with van der Waals surface area (Å²) >= 11 is 6.22. The van der Waals surface area contributed by atoms with Crippen LogP contribution in [0, 0.1) is 12.8 Å². The molecule has 1 N–H and O–H groups in total. The highest BCUT2D eigenvalue weighted by Crippen LogP contribution is 2.15. The molecule has 1 atom stereocenters. The number of hydrogen-bond donors (Lipinski definition) is 1. The van der Waals surface area contributed by atoms with Crippen LogP contribution in [-0.4, -0.2) is 26.5 Å². The van der Waals surface area contributed by atoms with E-state index in [9.17, 15) is 0 Å². The molecule has 0 fully saturated rings. The van der Waals surface area contributed by atoms with E-state index in [-0.39, 0.29) is 5.38 Å². The fourth-order valence-corrected chi connectivity index (χ4v) is 1.70. The quantitative estimate of drug-likeness (QED) is 0.851. The first-order valence-corrected chi connectivity index (χ1v) is 6.20. The molecule has 0 bridgehead atoms. The van der Waals surface area contributed by atoms with E-state index in [0.29, 0.717) is 5.92 Å². The van der Waals surface area contributed by atoms with Gasteiger partial charge in [0.25, 0.3) is 0 Å². The minimum Gasteiger partial charge on any atom is -0.368 e. The zero-order chi connectivity index (χ0) is 12.4. The van der Waals surface area contributed by atoms with Gasteiger partial charge in [-0.1, -0.05) is 13.8 Å². The van der Waals surface area contributed by atoms with Gasteiger partial charge in [-0.25, -0.2) is 4.98 Å². The van der Waals surface area contributed by atoms with Gasteiger partial charge in [-0.3, -0.25) is 0 Å². The first-order valence-electron chi connectivity index (χ1n) is 5.76. The lowest BCUT2D eigenvalue weighted by Gasteiger charge is -2.15. The van der Waals surface area contributed by atoms with E-state index in [0.717, 1.165) is 23.6 Å². The predicted octanol–water partition coefficient (Wildman–Crippen LogP) is 2.71. The van der Waals surface area contributed by atoms with Crippen molar-refractivity contribution in [3.05, 3.63) is 24.0 Å². The predicted molar refractivity (Wildman–Crippen MR) is 70.7 cm³/mol. The summed E-state index contributed by atoms with van der Waals surface area (Å²) < 4.78 is 1.79. The van der Waals surface area contributed by atoms with Crippen molar-refractivity contribution in [2.75, 3.05) is 11.9 Å². The van der Waals surface area contributed by atoms with Gasteiger partial charge in [0.1, 0.15) is 12.1 Å². The third kappa shape index (κ3) is 2.69. The van der Waals surface area contributed by atoms with Gasteiger partial charge >= 0.3 is 0 Å². The average Bonchev–Trinajstić information content (AvgIpc) is 2.72. The Kier molecular flexibility index (Phi) is 3.52. The van der Waals surface area contributed by atoms with E-state index in [4.69, 9.17) is 11.6 Å². The molecule has 2 rings (SSSR count). The molecule has 1 unspecified atom stereocenters. The second-order valence-corrected chi connectivity index (χ2v) is 5.15. The monoisotopic (exact) mass is 252 g/mol. The van der Waals surface area contributed by atoms with Crippen molar-refractivity contribution < 1.29 is 0 Å². The molecule has 0 radical (unpaired) electrons. The van der Waals surface area contributed by atoms with Gasteiger partial charge in [0.05, 0.1) is 5.38 Å². The minimum absolute atomic E-state index is 0.106. The second-order valence-electron chi connectivity index (χ2n) is 4.59. The summed E-state index contributed by atoms with van der Waals surface area (Å²) in [5, 5.41) is 7.61. The highest BCUT2D eigenvalue weighted by Gasteiger charge is 2.10. The Morgan fingerprint density at radius 1 is 1.41 bits per heavy atom. The molecule has 92 valence electrons. The van der Waals surface area contributed by atoms with Gasteiger partial charge in [-0.15, -0.1) is 11.6 Å². The van der Waals surface area contributed by atoms with Crippen molar-refractivity contribution in [1.82, 2.24) is 14.6 Å². The number of aryl methyl sites for hydroxylation is 1. The van der Waals surface area contributed by atoms with Crippen molar-refractivity contribution in [3.8, 4) is 0 Å². The van der Waals surface area contributed by atoms with Crippen molar-refractivity contribution in [2.45, 2.75) is 26.1 Å². The Morgan fingerprint density at radius 3 is 2.88 bits per heavy atom. The Morgan fingerprint density at radius 2 is 2.18 bits per heavy atom. The normalized spacial score (nSPS) is 13.2. The van der Waals surface area contributed by atoms with Crippen LogP contribution < -0.4 is 5.32 Å². The van der Waals surface area contributed by atoms with Crippen LogP contribution in [0.4, 0.5) is 5.82 Å². The largest absolute Gasteiger partial charge is 0.368 e. The summed E-state index contributed by atoms with van der Waals surface area (Å²) in [4.78, 5) is 4.18. The molecule has 0 spiro atoms. The number of fused-ring (bicyclic) bond motifs is 1. The first-order chi connectivity index (χ1) is 8.08. The molecule has 2 heterocycles. The molecule has 0 saturated heterocycles. The van der Waals surface area contributed by atoms with E-state index in [2.05, 4.69) is 29.2 Å². The van der Waals surface area contributed by atoms with E-state index < -0.39 is 0 Å². The standard InChI is InChI=1S/C12H17ClN4/c1-8(2)10(13)6-14-11-4-9(3)5-12-15-7-16-17(11)12/h4-5,7-8,10,14H,6H2,1-3H3. The molecule has 4 nitrogen and oxygen atoms in total. The Balaban J connectivity index is 2.20. The zero-order valence-electron chi connectivity index (χ0n) is 10.3. The molecule has 2 aromatic heterocycles. The summed E-state index contributed by atoms with van der Waals surface area (Å²) in [6.45, 7) is 6.99. The second kappa shape index (κ2) is 4.92.